The summed E-state index contributed by atoms with van der Waals surface area (Å²) in [5.74, 6) is 1.11. The molecule has 3 nitrogen and oxygen atoms in total. The molecule has 0 aliphatic carbocycles. The molecule has 0 amide bonds. The van der Waals surface area contributed by atoms with Crippen LogP contribution in [0.3, 0.4) is 0 Å². The summed E-state index contributed by atoms with van der Waals surface area (Å²) < 4.78 is 24.9. The molecule has 0 aliphatic heterocycles. The Kier molecular flexibility index (Phi) is 5.20. The van der Waals surface area contributed by atoms with Crippen LogP contribution in [-0.4, -0.2) is 21.3 Å². The largest absolute Gasteiger partial charge is 0.497 e. The maximum Gasteiger partial charge on any atom is 0.137 e. The first-order chi connectivity index (χ1) is 10.1. The predicted molar refractivity (Wildman–Crippen MR) is 84.5 cm³/mol. The zero-order valence-corrected chi connectivity index (χ0v) is 13.7. The molecule has 5 heteroatoms. The van der Waals surface area contributed by atoms with Crippen LogP contribution in [0.25, 0.3) is 0 Å². The van der Waals surface area contributed by atoms with Gasteiger partial charge in [-0.25, -0.2) is 4.39 Å². The summed E-state index contributed by atoms with van der Waals surface area (Å²) in [7, 11) is 5.03. The van der Waals surface area contributed by atoms with Crippen molar-refractivity contribution in [2.24, 2.45) is 0 Å². The normalized spacial score (nSPS) is 12.0. The Bertz CT molecular complexity index is 634. The standard InChI is InChI=1S/C16H17BrFNO2/c1-19-16(12-5-4-6-13(18)15(12)17)11-8-7-10(20-2)9-14(11)21-3/h4-9,16,19H,1-3H3. The fourth-order valence-electron chi connectivity index (χ4n) is 2.28. The van der Waals surface area contributed by atoms with Crippen LogP contribution in [0.5, 0.6) is 11.5 Å². The van der Waals surface area contributed by atoms with E-state index in [0.717, 1.165) is 11.1 Å². The lowest BCUT2D eigenvalue weighted by molar-refractivity contribution is 0.388. The molecular formula is C16H17BrFNO2. The third kappa shape index (κ3) is 3.19. The van der Waals surface area contributed by atoms with Crippen LogP contribution in [0.15, 0.2) is 40.9 Å². The molecule has 0 aromatic heterocycles. The Labute approximate surface area is 132 Å². The van der Waals surface area contributed by atoms with Crippen molar-refractivity contribution in [3.05, 3.63) is 57.8 Å². The number of benzene rings is 2. The summed E-state index contributed by atoms with van der Waals surface area (Å²) >= 11 is 3.31. The Morgan fingerprint density at radius 3 is 2.48 bits per heavy atom. The van der Waals surface area contributed by atoms with Crippen LogP contribution in [0.1, 0.15) is 17.2 Å². The van der Waals surface area contributed by atoms with Crippen molar-refractivity contribution in [2.45, 2.75) is 6.04 Å². The van der Waals surface area contributed by atoms with Gasteiger partial charge in [0, 0.05) is 11.6 Å². The second-order valence-electron chi connectivity index (χ2n) is 4.47. The SMILES string of the molecule is CNC(c1ccc(OC)cc1OC)c1cccc(F)c1Br. The molecule has 1 atom stereocenters. The number of methoxy groups -OCH3 is 2. The van der Waals surface area contributed by atoms with E-state index in [1.54, 1.807) is 20.3 Å². The maximum atomic E-state index is 13.8. The van der Waals surface area contributed by atoms with E-state index in [1.807, 2.05) is 31.3 Å². The van der Waals surface area contributed by atoms with Gasteiger partial charge in [0.15, 0.2) is 0 Å². The summed E-state index contributed by atoms with van der Waals surface area (Å²) in [6, 6.07) is 10.4. The zero-order chi connectivity index (χ0) is 15.4. The van der Waals surface area contributed by atoms with Gasteiger partial charge in [0.05, 0.1) is 24.7 Å². The summed E-state index contributed by atoms with van der Waals surface area (Å²) in [5.41, 5.74) is 1.72. The molecule has 2 rings (SSSR count). The molecule has 1 N–H and O–H groups in total. The Hall–Kier alpha value is -1.59. The summed E-state index contributed by atoms with van der Waals surface area (Å²) in [5, 5.41) is 3.20. The van der Waals surface area contributed by atoms with Crippen LogP contribution >= 0.6 is 15.9 Å². The lowest BCUT2D eigenvalue weighted by Crippen LogP contribution is -2.19. The molecule has 0 saturated heterocycles. The summed E-state index contributed by atoms with van der Waals surface area (Å²) in [4.78, 5) is 0. The minimum atomic E-state index is -0.291. The molecule has 1 unspecified atom stereocenters. The minimum Gasteiger partial charge on any atom is -0.497 e. The van der Waals surface area contributed by atoms with Gasteiger partial charge < -0.3 is 14.8 Å². The van der Waals surface area contributed by atoms with Gasteiger partial charge in [-0.1, -0.05) is 12.1 Å². The highest BCUT2D eigenvalue weighted by Crippen LogP contribution is 2.36. The van der Waals surface area contributed by atoms with E-state index in [1.165, 1.54) is 6.07 Å². The van der Waals surface area contributed by atoms with Crippen molar-refractivity contribution in [2.75, 3.05) is 21.3 Å². The first kappa shape index (κ1) is 15.8. The third-order valence-electron chi connectivity index (χ3n) is 3.33. The van der Waals surface area contributed by atoms with Crippen LogP contribution in [0, 0.1) is 5.82 Å². The van der Waals surface area contributed by atoms with E-state index in [4.69, 9.17) is 9.47 Å². The average molecular weight is 354 g/mol. The van der Waals surface area contributed by atoms with E-state index < -0.39 is 0 Å². The highest BCUT2D eigenvalue weighted by molar-refractivity contribution is 9.10. The van der Waals surface area contributed by atoms with Crippen molar-refractivity contribution in [3.63, 3.8) is 0 Å². The van der Waals surface area contributed by atoms with Gasteiger partial charge in [-0.2, -0.15) is 0 Å². The summed E-state index contributed by atoms with van der Waals surface area (Å²) in [6.45, 7) is 0. The van der Waals surface area contributed by atoms with Gasteiger partial charge in [-0.05, 0) is 46.7 Å². The van der Waals surface area contributed by atoms with Gasteiger partial charge in [-0.3, -0.25) is 0 Å². The fraction of sp³-hybridized carbons (Fsp3) is 0.250. The first-order valence-electron chi connectivity index (χ1n) is 6.45. The lowest BCUT2D eigenvalue weighted by atomic mass is 9.97. The molecule has 21 heavy (non-hydrogen) atoms. The Balaban J connectivity index is 2.53. The van der Waals surface area contributed by atoms with Gasteiger partial charge in [-0.15, -0.1) is 0 Å². The molecule has 0 aliphatic rings. The number of hydrogen-bond donors (Lipinski definition) is 1. The predicted octanol–water partition coefficient (Wildman–Crippen LogP) is 3.91. The van der Waals surface area contributed by atoms with Crippen molar-refractivity contribution in [1.82, 2.24) is 5.32 Å². The molecule has 0 spiro atoms. The van der Waals surface area contributed by atoms with E-state index in [0.29, 0.717) is 16.0 Å². The second-order valence-corrected chi connectivity index (χ2v) is 5.27. The quantitative estimate of drug-likeness (QED) is 0.883. The van der Waals surface area contributed by atoms with Gasteiger partial charge in [0.2, 0.25) is 0 Å². The maximum absolute atomic E-state index is 13.8. The summed E-state index contributed by atoms with van der Waals surface area (Å²) in [6.07, 6.45) is 0. The number of ether oxygens (including phenoxy) is 2. The van der Waals surface area contributed by atoms with Crippen LogP contribution < -0.4 is 14.8 Å². The van der Waals surface area contributed by atoms with Crippen molar-refractivity contribution < 1.29 is 13.9 Å². The van der Waals surface area contributed by atoms with Crippen LogP contribution in [-0.2, 0) is 0 Å². The van der Waals surface area contributed by atoms with E-state index in [2.05, 4.69) is 21.2 Å². The highest BCUT2D eigenvalue weighted by Gasteiger charge is 2.20. The average Bonchev–Trinajstić information content (AvgIpc) is 2.52. The van der Waals surface area contributed by atoms with Crippen LogP contribution in [0.2, 0.25) is 0 Å². The lowest BCUT2D eigenvalue weighted by Gasteiger charge is -2.21. The molecular weight excluding hydrogens is 337 g/mol. The third-order valence-corrected chi connectivity index (χ3v) is 4.17. The van der Waals surface area contributed by atoms with Crippen molar-refractivity contribution >= 4 is 15.9 Å². The Morgan fingerprint density at radius 1 is 1.10 bits per heavy atom. The van der Waals surface area contributed by atoms with Crippen LogP contribution in [0.4, 0.5) is 4.39 Å². The Morgan fingerprint density at radius 2 is 1.86 bits per heavy atom. The fourth-order valence-corrected chi connectivity index (χ4v) is 2.77. The second kappa shape index (κ2) is 6.91. The highest BCUT2D eigenvalue weighted by atomic mass is 79.9. The zero-order valence-electron chi connectivity index (χ0n) is 12.1. The van der Waals surface area contributed by atoms with Gasteiger partial charge in [0.1, 0.15) is 17.3 Å². The molecule has 0 bridgehead atoms. The molecule has 112 valence electrons. The molecule has 0 heterocycles. The van der Waals surface area contributed by atoms with Crippen molar-refractivity contribution in [1.29, 1.82) is 0 Å². The monoisotopic (exact) mass is 353 g/mol. The smallest absolute Gasteiger partial charge is 0.137 e. The van der Waals surface area contributed by atoms with E-state index >= 15 is 0 Å². The first-order valence-corrected chi connectivity index (χ1v) is 7.24. The van der Waals surface area contributed by atoms with Crippen molar-refractivity contribution in [3.8, 4) is 11.5 Å². The van der Waals surface area contributed by atoms with Gasteiger partial charge in [0.25, 0.3) is 0 Å². The van der Waals surface area contributed by atoms with Gasteiger partial charge >= 0.3 is 0 Å². The molecule has 2 aromatic carbocycles. The number of hydrogen-bond acceptors (Lipinski definition) is 3. The minimum absolute atomic E-state index is 0.198. The van der Waals surface area contributed by atoms with E-state index in [9.17, 15) is 4.39 Å². The number of halogens is 2. The topological polar surface area (TPSA) is 30.5 Å². The van der Waals surface area contributed by atoms with E-state index in [-0.39, 0.29) is 11.9 Å². The molecule has 0 saturated carbocycles. The molecule has 2 aromatic rings. The number of nitrogens with one attached hydrogen (secondary N) is 1. The molecule has 0 fully saturated rings. The molecule has 0 radical (unpaired) electrons. The number of rotatable bonds is 5.